The molecule has 108 valence electrons. The average Bonchev–Trinajstić information content (AvgIpc) is 2.85. The number of rotatable bonds is 3. The summed E-state index contributed by atoms with van der Waals surface area (Å²) in [6, 6.07) is -0.897. The molecule has 0 spiro atoms. The zero-order valence-corrected chi connectivity index (χ0v) is 12.1. The highest BCUT2D eigenvalue weighted by atomic mass is 32.2. The molecule has 2 aliphatic rings. The van der Waals surface area contributed by atoms with Crippen molar-refractivity contribution in [1.29, 1.82) is 0 Å². The van der Waals surface area contributed by atoms with Crippen LogP contribution in [0.2, 0.25) is 0 Å². The van der Waals surface area contributed by atoms with Crippen molar-refractivity contribution in [3.63, 3.8) is 0 Å². The third-order valence-electron chi connectivity index (χ3n) is 4.02. The van der Waals surface area contributed by atoms with E-state index in [1.54, 1.807) is 0 Å². The first kappa shape index (κ1) is 14.5. The molecule has 0 aromatic carbocycles. The van der Waals surface area contributed by atoms with Crippen LogP contribution in [0.15, 0.2) is 0 Å². The first-order valence-electron chi connectivity index (χ1n) is 6.93. The van der Waals surface area contributed by atoms with Gasteiger partial charge < -0.3 is 15.3 Å². The lowest BCUT2D eigenvalue weighted by Crippen LogP contribution is -2.48. The highest BCUT2D eigenvalue weighted by Crippen LogP contribution is 2.28. The Morgan fingerprint density at radius 3 is 2.89 bits per heavy atom. The van der Waals surface area contributed by atoms with E-state index in [0.717, 1.165) is 12.3 Å². The molecule has 5 nitrogen and oxygen atoms in total. The van der Waals surface area contributed by atoms with Gasteiger partial charge in [-0.2, -0.15) is 0 Å². The van der Waals surface area contributed by atoms with E-state index in [-0.39, 0.29) is 6.03 Å². The molecular formula is C13H22N2O3S. The summed E-state index contributed by atoms with van der Waals surface area (Å²) in [5.74, 6) is 1.34. The zero-order chi connectivity index (χ0) is 13.8. The van der Waals surface area contributed by atoms with Gasteiger partial charge in [0.05, 0.1) is 5.88 Å². The van der Waals surface area contributed by atoms with E-state index in [1.165, 1.54) is 35.9 Å². The van der Waals surface area contributed by atoms with Crippen LogP contribution in [0.25, 0.3) is 0 Å². The molecule has 0 bridgehead atoms. The predicted molar refractivity (Wildman–Crippen MR) is 75.1 cm³/mol. The molecule has 1 saturated heterocycles. The van der Waals surface area contributed by atoms with Crippen LogP contribution in [-0.4, -0.2) is 46.2 Å². The van der Waals surface area contributed by atoms with Crippen molar-refractivity contribution in [2.45, 2.75) is 38.6 Å². The van der Waals surface area contributed by atoms with Crippen LogP contribution >= 0.6 is 11.8 Å². The molecule has 1 heterocycles. The van der Waals surface area contributed by atoms with Crippen LogP contribution in [0.4, 0.5) is 4.79 Å². The first-order valence-corrected chi connectivity index (χ1v) is 8.08. The molecule has 2 fully saturated rings. The maximum Gasteiger partial charge on any atom is 0.327 e. The third kappa shape index (κ3) is 3.78. The number of amides is 2. The molecule has 19 heavy (non-hydrogen) atoms. The quantitative estimate of drug-likeness (QED) is 0.832. The third-order valence-corrected chi connectivity index (χ3v) is 5.03. The number of carboxylic acid groups (broad SMARTS) is 1. The van der Waals surface area contributed by atoms with Crippen LogP contribution in [0, 0.1) is 11.8 Å². The first-order chi connectivity index (χ1) is 9.08. The van der Waals surface area contributed by atoms with Crippen LogP contribution in [0.1, 0.15) is 32.6 Å². The molecule has 2 amide bonds. The number of carboxylic acids is 1. The Hall–Kier alpha value is -0.910. The lowest BCUT2D eigenvalue weighted by molar-refractivity contribution is -0.140. The Morgan fingerprint density at radius 1 is 1.42 bits per heavy atom. The van der Waals surface area contributed by atoms with Gasteiger partial charge in [0, 0.05) is 12.3 Å². The Labute approximate surface area is 118 Å². The second-order valence-corrected chi connectivity index (χ2v) is 6.65. The standard InChI is InChI=1S/C13H22N2O3S/c1-9-3-2-4-10(5-9)6-14-13(18)15-8-19-7-11(15)12(16)17/h9-11H,2-8H2,1H3,(H,14,18)(H,16,17). The molecule has 1 aliphatic carbocycles. The van der Waals surface area contributed by atoms with E-state index in [0.29, 0.717) is 24.1 Å². The number of hydrogen-bond donors (Lipinski definition) is 2. The minimum atomic E-state index is -0.911. The highest BCUT2D eigenvalue weighted by Gasteiger charge is 2.34. The summed E-state index contributed by atoms with van der Waals surface area (Å²) in [5, 5.41) is 12.0. The molecule has 1 aliphatic heterocycles. The zero-order valence-electron chi connectivity index (χ0n) is 11.3. The van der Waals surface area contributed by atoms with E-state index >= 15 is 0 Å². The Kier molecular flexibility index (Phi) is 4.96. The van der Waals surface area contributed by atoms with Gasteiger partial charge in [-0.3, -0.25) is 0 Å². The summed E-state index contributed by atoms with van der Waals surface area (Å²) in [5.41, 5.74) is 0. The van der Waals surface area contributed by atoms with Crippen molar-refractivity contribution in [2.75, 3.05) is 18.2 Å². The Balaban J connectivity index is 1.79. The molecule has 2 rings (SSSR count). The predicted octanol–water partition coefficient (Wildman–Crippen LogP) is 1.98. The topological polar surface area (TPSA) is 69.6 Å². The fourth-order valence-electron chi connectivity index (χ4n) is 2.93. The molecule has 1 saturated carbocycles. The summed E-state index contributed by atoms with van der Waals surface area (Å²) in [6.45, 7) is 2.93. The lowest BCUT2D eigenvalue weighted by atomic mass is 9.82. The summed E-state index contributed by atoms with van der Waals surface area (Å²) in [7, 11) is 0. The molecule has 0 aromatic heterocycles. The number of carbonyl (C=O) groups excluding carboxylic acids is 1. The van der Waals surface area contributed by atoms with E-state index in [9.17, 15) is 9.59 Å². The van der Waals surface area contributed by atoms with Crippen LogP contribution in [-0.2, 0) is 4.79 Å². The maximum absolute atomic E-state index is 12.0. The van der Waals surface area contributed by atoms with Crippen molar-refractivity contribution < 1.29 is 14.7 Å². The minimum Gasteiger partial charge on any atom is -0.480 e. The number of carbonyl (C=O) groups is 2. The number of thioether (sulfide) groups is 1. The van der Waals surface area contributed by atoms with Gasteiger partial charge in [-0.15, -0.1) is 11.8 Å². The number of hydrogen-bond acceptors (Lipinski definition) is 3. The Morgan fingerprint density at radius 2 is 2.21 bits per heavy atom. The minimum absolute atomic E-state index is 0.226. The van der Waals surface area contributed by atoms with E-state index in [2.05, 4.69) is 12.2 Å². The van der Waals surface area contributed by atoms with Gasteiger partial charge in [-0.05, 0) is 24.7 Å². The summed E-state index contributed by atoms with van der Waals surface area (Å²) in [6.07, 6.45) is 4.85. The van der Waals surface area contributed by atoms with E-state index in [4.69, 9.17) is 5.11 Å². The van der Waals surface area contributed by atoms with Crippen molar-refractivity contribution >= 4 is 23.8 Å². The number of nitrogens with one attached hydrogen (secondary N) is 1. The van der Waals surface area contributed by atoms with Crippen molar-refractivity contribution in [1.82, 2.24) is 10.2 Å². The molecule has 3 unspecified atom stereocenters. The molecule has 2 N–H and O–H groups in total. The number of urea groups is 1. The summed E-state index contributed by atoms with van der Waals surface area (Å²) < 4.78 is 0. The van der Waals surface area contributed by atoms with Gasteiger partial charge in [-0.25, -0.2) is 9.59 Å². The van der Waals surface area contributed by atoms with Crippen molar-refractivity contribution in [2.24, 2.45) is 11.8 Å². The average molecular weight is 286 g/mol. The van der Waals surface area contributed by atoms with Crippen molar-refractivity contribution in [3.8, 4) is 0 Å². The fourth-order valence-corrected chi connectivity index (χ4v) is 4.07. The summed E-state index contributed by atoms with van der Waals surface area (Å²) >= 11 is 1.49. The normalized spacial score (nSPS) is 31.2. The molecule has 0 aromatic rings. The molecule has 6 heteroatoms. The largest absolute Gasteiger partial charge is 0.480 e. The molecule has 3 atom stereocenters. The Bertz CT molecular complexity index is 351. The number of nitrogens with zero attached hydrogens (tertiary/aromatic N) is 1. The highest BCUT2D eigenvalue weighted by molar-refractivity contribution is 7.99. The SMILES string of the molecule is CC1CCCC(CNC(=O)N2CSCC2C(=O)O)C1. The van der Waals surface area contributed by atoms with Gasteiger partial charge in [0.15, 0.2) is 0 Å². The molecule has 0 radical (unpaired) electrons. The van der Waals surface area contributed by atoms with Gasteiger partial charge >= 0.3 is 12.0 Å². The van der Waals surface area contributed by atoms with Crippen LogP contribution in [0.5, 0.6) is 0 Å². The second-order valence-electron chi connectivity index (χ2n) is 5.65. The fraction of sp³-hybridized carbons (Fsp3) is 0.846. The second kappa shape index (κ2) is 6.50. The van der Waals surface area contributed by atoms with Crippen LogP contribution in [0.3, 0.4) is 0 Å². The number of aliphatic carboxylic acids is 1. The van der Waals surface area contributed by atoms with Crippen LogP contribution < -0.4 is 5.32 Å². The van der Waals surface area contributed by atoms with E-state index < -0.39 is 12.0 Å². The summed E-state index contributed by atoms with van der Waals surface area (Å²) in [4.78, 5) is 24.5. The van der Waals surface area contributed by atoms with Gasteiger partial charge in [-0.1, -0.05) is 19.8 Å². The van der Waals surface area contributed by atoms with Gasteiger partial charge in [0.2, 0.25) is 0 Å². The van der Waals surface area contributed by atoms with Gasteiger partial charge in [0.25, 0.3) is 0 Å². The smallest absolute Gasteiger partial charge is 0.327 e. The van der Waals surface area contributed by atoms with E-state index in [1.807, 2.05) is 0 Å². The monoisotopic (exact) mass is 286 g/mol. The molecular weight excluding hydrogens is 264 g/mol. The van der Waals surface area contributed by atoms with Gasteiger partial charge in [0.1, 0.15) is 6.04 Å². The lowest BCUT2D eigenvalue weighted by Gasteiger charge is -2.28. The maximum atomic E-state index is 12.0. The van der Waals surface area contributed by atoms with Crippen molar-refractivity contribution in [3.05, 3.63) is 0 Å².